The van der Waals surface area contributed by atoms with Crippen molar-refractivity contribution in [1.82, 2.24) is 5.32 Å². The summed E-state index contributed by atoms with van der Waals surface area (Å²) < 4.78 is 1.25. The molecule has 1 aromatic carbocycles. The normalized spacial score (nSPS) is 18.1. The third-order valence-electron chi connectivity index (χ3n) is 3.47. The molecule has 0 heterocycles. The van der Waals surface area contributed by atoms with Gasteiger partial charge in [-0.3, -0.25) is 0 Å². The van der Waals surface area contributed by atoms with Crippen molar-refractivity contribution in [3.8, 4) is 0 Å². The van der Waals surface area contributed by atoms with Gasteiger partial charge in [-0.1, -0.05) is 34.1 Å². The van der Waals surface area contributed by atoms with Crippen LogP contribution >= 0.6 is 15.9 Å². The van der Waals surface area contributed by atoms with Crippen LogP contribution in [0.15, 0.2) is 28.7 Å². The van der Waals surface area contributed by atoms with Gasteiger partial charge in [-0.2, -0.15) is 0 Å². The van der Waals surface area contributed by atoms with Crippen molar-refractivity contribution in [3.63, 3.8) is 0 Å². The summed E-state index contributed by atoms with van der Waals surface area (Å²) in [6.07, 6.45) is 3.91. The van der Waals surface area contributed by atoms with Gasteiger partial charge in [0.05, 0.1) is 0 Å². The van der Waals surface area contributed by atoms with Crippen molar-refractivity contribution in [3.05, 3.63) is 34.3 Å². The Kier molecular flexibility index (Phi) is 3.65. The maximum atomic E-state index is 3.65. The zero-order valence-corrected chi connectivity index (χ0v) is 12.6. The minimum absolute atomic E-state index is 0.226. The van der Waals surface area contributed by atoms with E-state index in [2.05, 4.69) is 66.3 Å². The maximum absolute atomic E-state index is 3.65. The van der Waals surface area contributed by atoms with Crippen molar-refractivity contribution in [2.45, 2.75) is 45.6 Å². The predicted octanol–water partition coefficient (Wildman–Crippen LogP) is 4.16. The lowest BCUT2D eigenvalue weighted by atomic mass is 9.95. The number of benzene rings is 1. The lowest BCUT2D eigenvalue weighted by Gasteiger charge is -2.25. The number of hydrogen-bond donors (Lipinski definition) is 1. The lowest BCUT2D eigenvalue weighted by Crippen LogP contribution is -2.40. The van der Waals surface area contributed by atoms with Crippen molar-refractivity contribution < 1.29 is 0 Å². The van der Waals surface area contributed by atoms with Crippen LogP contribution in [0, 0.1) is 5.41 Å². The van der Waals surface area contributed by atoms with Gasteiger partial charge in [0.2, 0.25) is 0 Å². The van der Waals surface area contributed by atoms with Crippen molar-refractivity contribution in [2.24, 2.45) is 5.41 Å². The zero-order chi connectivity index (χ0) is 12.5. The molecule has 1 aromatic rings. The third kappa shape index (κ3) is 3.82. The molecule has 1 aliphatic carbocycles. The highest BCUT2D eigenvalue weighted by Crippen LogP contribution is 2.48. The maximum Gasteiger partial charge on any atom is 0.0207 e. The van der Waals surface area contributed by atoms with Crippen molar-refractivity contribution >= 4 is 15.9 Å². The Morgan fingerprint density at radius 3 is 2.41 bits per heavy atom. The first kappa shape index (κ1) is 13.1. The first-order chi connectivity index (χ1) is 7.90. The fourth-order valence-electron chi connectivity index (χ4n) is 2.09. The van der Waals surface area contributed by atoms with Gasteiger partial charge < -0.3 is 5.32 Å². The third-order valence-corrected chi connectivity index (χ3v) is 4.25. The smallest absolute Gasteiger partial charge is 0.0207 e. The first-order valence-electron chi connectivity index (χ1n) is 6.39. The first-order valence-corrected chi connectivity index (χ1v) is 7.18. The molecule has 17 heavy (non-hydrogen) atoms. The Balaban J connectivity index is 1.97. The van der Waals surface area contributed by atoms with E-state index in [9.17, 15) is 0 Å². The summed E-state index contributed by atoms with van der Waals surface area (Å²) in [5.41, 5.74) is 2.18. The molecule has 2 rings (SSSR count). The fourth-order valence-corrected chi connectivity index (χ4v) is 2.52. The Morgan fingerprint density at radius 1 is 1.24 bits per heavy atom. The molecular weight excluding hydrogens is 274 g/mol. The Labute approximate surface area is 113 Å². The topological polar surface area (TPSA) is 12.0 Å². The van der Waals surface area contributed by atoms with Crippen LogP contribution < -0.4 is 5.32 Å². The molecule has 2 heteroatoms. The molecular formula is C15H22BrN. The van der Waals surface area contributed by atoms with Crippen LogP contribution in [-0.2, 0) is 6.42 Å². The Morgan fingerprint density at radius 2 is 1.88 bits per heavy atom. The lowest BCUT2D eigenvalue weighted by molar-refractivity contribution is 0.356. The van der Waals surface area contributed by atoms with E-state index in [1.54, 1.807) is 0 Å². The molecule has 0 saturated heterocycles. The van der Waals surface area contributed by atoms with Gasteiger partial charge in [0.15, 0.2) is 0 Å². The number of halogens is 1. The largest absolute Gasteiger partial charge is 0.312 e. The molecule has 0 aromatic heterocycles. The second kappa shape index (κ2) is 4.74. The van der Waals surface area contributed by atoms with Crippen LogP contribution in [0.2, 0.25) is 0 Å². The van der Waals surface area contributed by atoms with E-state index in [-0.39, 0.29) is 5.54 Å². The molecule has 0 atom stereocenters. The Bertz CT molecular complexity index is 388. The molecule has 0 amide bonds. The van der Waals surface area contributed by atoms with E-state index >= 15 is 0 Å². The standard InChI is InChI=1S/C15H22BrN/c1-14(2,3)17-11-15(8-9-15)10-12-6-4-5-7-13(12)16/h4-7,17H,8-11H2,1-3H3. The van der Waals surface area contributed by atoms with E-state index in [1.807, 2.05) is 0 Å². The highest BCUT2D eigenvalue weighted by Gasteiger charge is 2.42. The molecule has 0 spiro atoms. The van der Waals surface area contributed by atoms with E-state index in [0.717, 1.165) is 6.54 Å². The van der Waals surface area contributed by atoms with Crippen LogP contribution in [-0.4, -0.2) is 12.1 Å². The monoisotopic (exact) mass is 295 g/mol. The minimum atomic E-state index is 0.226. The summed E-state index contributed by atoms with van der Waals surface area (Å²) in [5.74, 6) is 0. The average molecular weight is 296 g/mol. The minimum Gasteiger partial charge on any atom is -0.312 e. The summed E-state index contributed by atoms with van der Waals surface area (Å²) in [5, 5.41) is 3.65. The summed E-state index contributed by atoms with van der Waals surface area (Å²) >= 11 is 3.65. The van der Waals surface area contributed by atoms with Gasteiger partial charge in [-0.05, 0) is 57.1 Å². The van der Waals surface area contributed by atoms with Gasteiger partial charge >= 0.3 is 0 Å². The van der Waals surface area contributed by atoms with Gasteiger partial charge in [0, 0.05) is 16.6 Å². The molecule has 1 fully saturated rings. The van der Waals surface area contributed by atoms with Gasteiger partial charge in [0.1, 0.15) is 0 Å². The van der Waals surface area contributed by atoms with Crippen LogP contribution in [0.5, 0.6) is 0 Å². The van der Waals surface area contributed by atoms with Crippen molar-refractivity contribution in [1.29, 1.82) is 0 Å². The number of nitrogens with one attached hydrogen (secondary N) is 1. The zero-order valence-electron chi connectivity index (χ0n) is 11.0. The SMILES string of the molecule is CC(C)(C)NCC1(Cc2ccccc2Br)CC1. The molecule has 1 saturated carbocycles. The van der Waals surface area contributed by atoms with Gasteiger partial charge in [-0.25, -0.2) is 0 Å². The van der Waals surface area contributed by atoms with E-state index in [4.69, 9.17) is 0 Å². The average Bonchev–Trinajstić information content (AvgIpc) is 2.99. The summed E-state index contributed by atoms with van der Waals surface area (Å²) in [7, 11) is 0. The van der Waals surface area contributed by atoms with Crippen LogP contribution in [0.25, 0.3) is 0 Å². The van der Waals surface area contributed by atoms with E-state index in [1.165, 1.54) is 29.3 Å². The molecule has 1 aliphatic rings. The second-order valence-electron chi connectivity index (χ2n) is 6.37. The van der Waals surface area contributed by atoms with Crippen LogP contribution in [0.4, 0.5) is 0 Å². The van der Waals surface area contributed by atoms with Crippen molar-refractivity contribution in [2.75, 3.05) is 6.54 Å². The van der Waals surface area contributed by atoms with Gasteiger partial charge in [0.25, 0.3) is 0 Å². The predicted molar refractivity (Wildman–Crippen MR) is 77.3 cm³/mol. The molecule has 0 aliphatic heterocycles. The molecule has 1 nitrogen and oxygen atoms in total. The number of rotatable bonds is 4. The van der Waals surface area contributed by atoms with E-state index in [0.29, 0.717) is 5.41 Å². The number of hydrogen-bond acceptors (Lipinski definition) is 1. The fraction of sp³-hybridized carbons (Fsp3) is 0.600. The highest BCUT2D eigenvalue weighted by atomic mass is 79.9. The summed E-state index contributed by atoms with van der Waals surface area (Å²) in [4.78, 5) is 0. The van der Waals surface area contributed by atoms with Crippen LogP contribution in [0.1, 0.15) is 39.2 Å². The molecule has 1 N–H and O–H groups in total. The Hall–Kier alpha value is -0.340. The molecule has 94 valence electrons. The summed E-state index contributed by atoms with van der Waals surface area (Å²) in [6.45, 7) is 7.85. The van der Waals surface area contributed by atoms with Gasteiger partial charge in [-0.15, -0.1) is 0 Å². The molecule has 0 bridgehead atoms. The second-order valence-corrected chi connectivity index (χ2v) is 7.23. The molecule has 0 radical (unpaired) electrons. The quantitative estimate of drug-likeness (QED) is 0.879. The highest BCUT2D eigenvalue weighted by molar-refractivity contribution is 9.10. The molecule has 0 unspecified atom stereocenters. The summed E-state index contributed by atoms with van der Waals surface area (Å²) in [6, 6.07) is 8.60. The van der Waals surface area contributed by atoms with E-state index < -0.39 is 0 Å². The van der Waals surface area contributed by atoms with Crippen LogP contribution in [0.3, 0.4) is 0 Å².